The van der Waals surface area contributed by atoms with Crippen molar-refractivity contribution >= 4 is 17.1 Å². The van der Waals surface area contributed by atoms with Crippen LogP contribution in [-0.2, 0) is 24.4 Å². The van der Waals surface area contributed by atoms with E-state index in [0.29, 0.717) is 24.5 Å². The van der Waals surface area contributed by atoms with Crippen LogP contribution >= 0.6 is 0 Å². The van der Waals surface area contributed by atoms with E-state index in [0.717, 1.165) is 17.4 Å². The van der Waals surface area contributed by atoms with Gasteiger partial charge >= 0.3 is 5.69 Å². The molecule has 0 unspecified atom stereocenters. The fourth-order valence-corrected chi connectivity index (χ4v) is 2.74. The fraction of sp³-hybridized carbons (Fsp3) is 0.375. The van der Waals surface area contributed by atoms with E-state index in [9.17, 15) is 14.4 Å². The maximum atomic E-state index is 12.8. The molecule has 9 heteroatoms. The Kier molecular flexibility index (Phi) is 4.55. The van der Waals surface area contributed by atoms with Gasteiger partial charge in [0.15, 0.2) is 11.2 Å². The average Bonchev–Trinajstić information content (AvgIpc) is 3.22. The Bertz CT molecular complexity index is 1010. The van der Waals surface area contributed by atoms with E-state index in [1.807, 2.05) is 6.92 Å². The second-order valence-corrected chi connectivity index (χ2v) is 5.77. The van der Waals surface area contributed by atoms with Gasteiger partial charge in [-0.25, -0.2) is 14.3 Å². The molecule has 3 rings (SSSR count). The Hall–Kier alpha value is -3.10. The number of carbonyl (C=O) groups is 1. The zero-order valence-corrected chi connectivity index (χ0v) is 13.8. The van der Waals surface area contributed by atoms with Crippen LogP contribution in [0.1, 0.15) is 25.5 Å². The van der Waals surface area contributed by atoms with Crippen molar-refractivity contribution in [3.63, 3.8) is 0 Å². The summed E-state index contributed by atoms with van der Waals surface area (Å²) >= 11 is 0. The first-order chi connectivity index (χ1) is 12.0. The number of hydrogen-bond donors (Lipinski definition) is 1. The van der Waals surface area contributed by atoms with Gasteiger partial charge in [0, 0.05) is 6.54 Å². The number of aromatic nitrogens is 4. The molecular weight excluding hydrogens is 326 g/mol. The molecule has 0 aliphatic heterocycles. The van der Waals surface area contributed by atoms with Gasteiger partial charge in [0.25, 0.3) is 5.56 Å². The lowest BCUT2D eigenvalue weighted by Gasteiger charge is -2.11. The van der Waals surface area contributed by atoms with Gasteiger partial charge in [-0.1, -0.05) is 13.3 Å². The minimum Gasteiger partial charge on any atom is -0.467 e. The summed E-state index contributed by atoms with van der Waals surface area (Å²) in [5.74, 6) is -0.107. The quantitative estimate of drug-likeness (QED) is 0.660. The second-order valence-electron chi connectivity index (χ2n) is 5.77. The summed E-state index contributed by atoms with van der Waals surface area (Å²) in [7, 11) is 0. The van der Waals surface area contributed by atoms with Crippen molar-refractivity contribution in [2.45, 2.75) is 39.4 Å². The molecule has 0 aliphatic rings. The number of hydrogen-bond acceptors (Lipinski definition) is 5. The van der Waals surface area contributed by atoms with Crippen LogP contribution in [0.15, 0.2) is 38.7 Å². The summed E-state index contributed by atoms with van der Waals surface area (Å²) in [6.07, 6.45) is 4.65. The van der Waals surface area contributed by atoms with E-state index in [-0.39, 0.29) is 5.52 Å². The number of rotatable bonds is 7. The highest BCUT2D eigenvalue weighted by molar-refractivity contribution is 5.75. The molecule has 3 aromatic rings. The Morgan fingerprint density at radius 1 is 1.32 bits per heavy atom. The predicted molar refractivity (Wildman–Crippen MR) is 90.2 cm³/mol. The number of unbranched alkanes of at least 4 members (excludes halogenated alkanes) is 1. The van der Waals surface area contributed by atoms with Crippen molar-refractivity contribution in [2.24, 2.45) is 5.73 Å². The van der Waals surface area contributed by atoms with Crippen LogP contribution in [0.4, 0.5) is 0 Å². The SMILES string of the molecule is CCCCn1c(=O)n(CC(N)=O)c(=O)c2c1ncn2Cc1ccco1. The van der Waals surface area contributed by atoms with E-state index in [1.165, 1.54) is 17.2 Å². The molecule has 3 heterocycles. The van der Waals surface area contributed by atoms with Crippen LogP contribution in [0.2, 0.25) is 0 Å². The molecule has 132 valence electrons. The number of amides is 1. The number of primary amides is 1. The van der Waals surface area contributed by atoms with Gasteiger partial charge in [-0.05, 0) is 18.6 Å². The van der Waals surface area contributed by atoms with E-state index >= 15 is 0 Å². The Balaban J connectivity index is 2.23. The summed E-state index contributed by atoms with van der Waals surface area (Å²) in [6, 6.07) is 3.53. The van der Waals surface area contributed by atoms with Gasteiger partial charge in [0.2, 0.25) is 5.91 Å². The van der Waals surface area contributed by atoms with Gasteiger partial charge in [-0.3, -0.25) is 14.2 Å². The van der Waals surface area contributed by atoms with Gasteiger partial charge in [-0.15, -0.1) is 0 Å². The fourth-order valence-electron chi connectivity index (χ4n) is 2.74. The normalized spacial score (nSPS) is 11.2. The van der Waals surface area contributed by atoms with Gasteiger partial charge in [0.05, 0.1) is 19.1 Å². The zero-order valence-electron chi connectivity index (χ0n) is 13.8. The zero-order chi connectivity index (χ0) is 18.0. The van der Waals surface area contributed by atoms with Crippen LogP contribution in [0.3, 0.4) is 0 Å². The molecule has 0 bridgehead atoms. The van der Waals surface area contributed by atoms with E-state index in [4.69, 9.17) is 10.2 Å². The van der Waals surface area contributed by atoms with Crippen LogP contribution in [-0.4, -0.2) is 24.6 Å². The molecule has 0 fully saturated rings. The molecule has 25 heavy (non-hydrogen) atoms. The molecule has 3 aromatic heterocycles. The topological polar surface area (TPSA) is 118 Å². The molecule has 0 atom stereocenters. The third-order valence-corrected chi connectivity index (χ3v) is 3.94. The standard InChI is InChI=1S/C16H19N5O4/c1-2-3-6-20-14-13(15(23)21(16(20)24)9-12(17)22)19(10-18-14)8-11-5-4-7-25-11/h4-5,7,10H,2-3,6,8-9H2,1H3,(H2,17,22). The first-order valence-electron chi connectivity index (χ1n) is 8.02. The molecule has 0 aliphatic carbocycles. The number of furan rings is 1. The minimum atomic E-state index is -0.752. The molecule has 0 saturated carbocycles. The van der Waals surface area contributed by atoms with Gasteiger partial charge < -0.3 is 14.7 Å². The minimum absolute atomic E-state index is 0.244. The number of nitrogens with two attached hydrogens (primary N) is 1. The number of carbonyl (C=O) groups excluding carboxylic acids is 1. The van der Waals surface area contributed by atoms with Crippen molar-refractivity contribution in [3.05, 3.63) is 51.3 Å². The van der Waals surface area contributed by atoms with Crippen LogP contribution in [0.25, 0.3) is 11.2 Å². The van der Waals surface area contributed by atoms with Crippen molar-refractivity contribution < 1.29 is 9.21 Å². The lowest BCUT2D eigenvalue weighted by Crippen LogP contribution is -2.43. The predicted octanol–water partition coefficient (Wildman–Crippen LogP) is 0.286. The maximum Gasteiger partial charge on any atom is 0.333 e. The molecule has 1 amide bonds. The maximum absolute atomic E-state index is 12.8. The number of nitrogens with zero attached hydrogens (tertiary/aromatic N) is 4. The van der Waals surface area contributed by atoms with Crippen LogP contribution in [0.5, 0.6) is 0 Å². The molecule has 0 aromatic carbocycles. The Morgan fingerprint density at radius 2 is 2.12 bits per heavy atom. The van der Waals surface area contributed by atoms with Crippen molar-refractivity contribution in [1.29, 1.82) is 0 Å². The highest BCUT2D eigenvalue weighted by Crippen LogP contribution is 2.11. The third kappa shape index (κ3) is 3.12. The molecule has 0 saturated heterocycles. The van der Waals surface area contributed by atoms with Crippen LogP contribution < -0.4 is 17.0 Å². The highest BCUT2D eigenvalue weighted by Gasteiger charge is 2.19. The molecular formula is C16H19N5O4. The van der Waals surface area contributed by atoms with Crippen molar-refractivity contribution in [3.8, 4) is 0 Å². The highest BCUT2D eigenvalue weighted by atomic mass is 16.3. The van der Waals surface area contributed by atoms with E-state index < -0.39 is 23.7 Å². The first kappa shape index (κ1) is 16.7. The number of fused-ring (bicyclic) bond motifs is 1. The summed E-state index contributed by atoms with van der Waals surface area (Å²) in [5, 5.41) is 0. The molecule has 0 spiro atoms. The molecule has 0 radical (unpaired) electrons. The third-order valence-electron chi connectivity index (χ3n) is 3.94. The monoisotopic (exact) mass is 345 g/mol. The van der Waals surface area contributed by atoms with E-state index in [2.05, 4.69) is 4.98 Å². The summed E-state index contributed by atoms with van der Waals surface area (Å²) in [5.41, 5.74) is 4.58. The smallest absolute Gasteiger partial charge is 0.333 e. The number of aryl methyl sites for hydroxylation is 1. The average molecular weight is 345 g/mol. The Labute approximate surface area is 142 Å². The van der Waals surface area contributed by atoms with Gasteiger partial charge in [0.1, 0.15) is 12.3 Å². The first-order valence-corrected chi connectivity index (χ1v) is 8.02. The van der Waals surface area contributed by atoms with Crippen LogP contribution in [0, 0.1) is 0 Å². The van der Waals surface area contributed by atoms with Crippen molar-refractivity contribution in [1.82, 2.24) is 18.7 Å². The van der Waals surface area contributed by atoms with Crippen molar-refractivity contribution in [2.75, 3.05) is 0 Å². The second kappa shape index (κ2) is 6.80. The Morgan fingerprint density at radius 3 is 2.76 bits per heavy atom. The molecule has 2 N–H and O–H groups in total. The largest absolute Gasteiger partial charge is 0.467 e. The number of imidazole rings is 1. The van der Waals surface area contributed by atoms with Gasteiger partial charge in [-0.2, -0.15) is 0 Å². The lowest BCUT2D eigenvalue weighted by molar-refractivity contribution is -0.118. The summed E-state index contributed by atoms with van der Waals surface area (Å²) < 4.78 is 9.20. The lowest BCUT2D eigenvalue weighted by atomic mass is 10.3. The summed E-state index contributed by atoms with van der Waals surface area (Å²) in [6.45, 7) is 2.23. The molecule has 9 nitrogen and oxygen atoms in total. The van der Waals surface area contributed by atoms with E-state index in [1.54, 1.807) is 16.7 Å². The summed E-state index contributed by atoms with van der Waals surface area (Å²) in [4.78, 5) is 40.9.